The van der Waals surface area contributed by atoms with E-state index in [0.717, 1.165) is 0 Å². The Labute approximate surface area is 91.3 Å². The summed E-state index contributed by atoms with van der Waals surface area (Å²) in [6.45, 7) is 2.59. The number of methoxy groups -OCH3 is 1. The van der Waals surface area contributed by atoms with Crippen LogP contribution in [0, 0.1) is 0 Å². The SMILES string of the molecule is CC(N)CO.COCCO.OCCCO. The lowest BCUT2D eigenvalue weighted by Gasteiger charge is -1.91. The maximum Gasteiger partial charge on any atom is 0.0693 e. The molecule has 0 aromatic rings. The van der Waals surface area contributed by atoms with E-state index in [-0.39, 0.29) is 32.5 Å². The summed E-state index contributed by atoms with van der Waals surface area (Å²) in [5.41, 5.74) is 5.04. The second-order valence-corrected chi connectivity index (χ2v) is 2.68. The number of hydrogen-bond donors (Lipinski definition) is 5. The number of rotatable bonds is 5. The zero-order valence-corrected chi connectivity index (χ0v) is 9.59. The minimum absolute atomic E-state index is 0.0602. The molecule has 0 aliphatic carbocycles. The molecule has 0 heterocycles. The van der Waals surface area contributed by atoms with Gasteiger partial charge in [0, 0.05) is 26.4 Å². The van der Waals surface area contributed by atoms with E-state index in [1.54, 1.807) is 14.0 Å². The van der Waals surface area contributed by atoms with Gasteiger partial charge in [-0.2, -0.15) is 0 Å². The first-order chi connectivity index (χ1) is 7.10. The highest BCUT2D eigenvalue weighted by atomic mass is 16.5. The highest BCUT2D eigenvalue weighted by Gasteiger charge is 1.81. The molecule has 0 spiro atoms. The van der Waals surface area contributed by atoms with Crippen molar-refractivity contribution >= 4 is 0 Å². The summed E-state index contributed by atoms with van der Waals surface area (Å²) in [5.74, 6) is 0. The molecule has 96 valence electrons. The Kier molecular flexibility index (Phi) is 31.7. The number of ether oxygens (including phenoxy) is 1. The van der Waals surface area contributed by atoms with Gasteiger partial charge in [0.1, 0.15) is 0 Å². The third-order valence-electron chi connectivity index (χ3n) is 0.900. The number of aliphatic hydroxyl groups excluding tert-OH is 4. The monoisotopic (exact) mass is 227 g/mol. The molecule has 0 aliphatic rings. The quantitative estimate of drug-likeness (QED) is 0.383. The van der Waals surface area contributed by atoms with E-state index in [9.17, 15) is 0 Å². The molecule has 0 rings (SSSR count). The van der Waals surface area contributed by atoms with Crippen LogP contribution in [0.1, 0.15) is 13.3 Å². The van der Waals surface area contributed by atoms with Crippen molar-refractivity contribution in [3.63, 3.8) is 0 Å². The summed E-state index contributed by atoms with van der Waals surface area (Å²) < 4.78 is 4.44. The minimum atomic E-state index is -0.0602. The van der Waals surface area contributed by atoms with Crippen LogP contribution in [-0.4, -0.2) is 66.6 Å². The van der Waals surface area contributed by atoms with Crippen LogP contribution in [0.4, 0.5) is 0 Å². The van der Waals surface area contributed by atoms with Gasteiger partial charge in [0.05, 0.1) is 19.8 Å². The van der Waals surface area contributed by atoms with Crippen LogP contribution in [0.5, 0.6) is 0 Å². The number of nitrogens with two attached hydrogens (primary N) is 1. The Morgan fingerprint density at radius 3 is 1.47 bits per heavy atom. The molecule has 0 saturated heterocycles. The number of hydrogen-bond acceptors (Lipinski definition) is 6. The van der Waals surface area contributed by atoms with Crippen molar-refractivity contribution in [2.45, 2.75) is 19.4 Å². The van der Waals surface area contributed by atoms with E-state index in [0.29, 0.717) is 13.0 Å². The van der Waals surface area contributed by atoms with Crippen molar-refractivity contribution in [1.82, 2.24) is 0 Å². The van der Waals surface area contributed by atoms with Crippen LogP contribution in [0.3, 0.4) is 0 Å². The van der Waals surface area contributed by atoms with E-state index < -0.39 is 0 Å². The number of aliphatic hydroxyl groups is 4. The molecule has 0 fully saturated rings. The van der Waals surface area contributed by atoms with E-state index in [1.165, 1.54) is 0 Å². The molecule has 0 bridgehead atoms. The van der Waals surface area contributed by atoms with Crippen LogP contribution in [-0.2, 0) is 4.74 Å². The standard InChI is InChI=1S/C3H9NO.2C3H8O2/c1-3(4)2-5;1-5-3-2-4;4-2-1-3-5/h3,5H,2,4H2,1H3;4H,2-3H2,1H3;4-5H,1-3H2. The van der Waals surface area contributed by atoms with Crippen molar-refractivity contribution < 1.29 is 25.2 Å². The highest BCUT2D eigenvalue weighted by Crippen LogP contribution is 1.65. The molecule has 1 atom stereocenters. The lowest BCUT2D eigenvalue weighted by molar-refractivity contribution is 0.135. The largest absolute Gasteiger partial charge is 0.396 e. The van der Waals surface area contributed by atoms with Crippen LogP contribution in [0.15, 0.2) is 0 Å². The third-order valence-corrected chi connectivity index (χ3v) is 0.900. The van der Waals surface area contributed by atoms with Gasteiger partial charge >= 0.3 is 0 Å². The zero-order valence-electron chi connectivity index (χ0n) is 9.59. The zero-order chi connectivity index (χ0) is 12.5. The molecule has 0 aromatic carbocycles. The van der Waals surface area contributed by atoms with Crippen molar-refractivity contribution in [2.75, 3.05) is 40.1 Å². The fourth-order valence-corrected chi connectivity index (χ4v) is 0.162. The Bertz CT molecular complexity index is 72.9. The molecule has 0 amide bonds. The minimum Gasteiger partial charge on any atom is -0.396 e. The van der Waals surface area contributed by atoms with Gasteiger partial charge in [0.25, 0.3) is 0 Å². The second-order valence-electron chi connectivity index (χ2n) is 2.68. The van der Waals surface area contributed by atoms with Gasteiger partial charge in [0.2, 0.25) is 0 Å². The Morgan fingerprint density at radius 2 is 1.47 bits per heavy atom. The summed E-state index contributed by atoms with van der Waals surface area (Å²) in [4.78, 5) is 0. The van der Waals surface area contributed by atoms with Gasteiger partial charge in [-0.15, -0.1) is 0 Å². The van der Waals surface area contributed by atoms with Crippen molar-refractivity contribution in [3.8, 4) is 0 Å². The molecule has 1 unspecified atom stereocenters. The Hall–Kier alpha value is -0.240. The average Bonchev–Trinajstić information content (AvgIpc) is 2.22. The van der Waals surface area contributed by atoms with Gasteiger partial charge in [0.15, 0.2) is 0 Å². The first kappa shape index (κ1) is 20.2. The summed E-state index contributed by atoms with van der Waals surface area (Å²) in [6, 6.07) is -0.0602. The van der Waals surface area contributed by atoms with Crippen LogP contribution in [0.2, 0.25) is 0 Å². The predicted octanol–water partition coefficient (Wildman–Crippen LogP) is -1.69. The fraction of sp³-hybridized carbons (Fsp3) is 1.00. The van der Waals surface area contributed by atoms with Gasteiger partial charge < -0.3 is 30.9 Å². The van der Waals surface area contributed by atoms with Gasteiger partial charge in [-0.05, 0) is 13.3 Å². The van der Waals surface area contributed by atoms with Gasteiger partial charge in [-0.1, -0.05) is 0 Å². The van der Waals surface area contributed by atoms with Gasteiger partial charge in [-0.25, -0.2) is 0 Å². The van der Waals surface area contributed by atoms with E-state index in [2.05, 4.69) is 4.74 Å². The average molecular weight is 227 g/mol. The highest BCUT2D eigenvalue weighted by molar-refractivity contribution is 4.43. The van der Waals surface area contributed by atoms with Crippen LogP contribution in [0.25, 0.3) is 0 Å². The Balaban J connectivity index is -0.000000144. The Morgan fingerprint density at radius 1 is 1.07 bits per heavy atom. The molecule has 6 nitrogen and oxygen atoms in total. The maximum atomic E-state index is 8.02. The van der Waals surface area contributed by atoms with Crippen molar-refractivity contribution in [3.05, 3.63) is 0 Å². The molecule has 6 N–H and O–H groups in total. The summed E-state index contributed by atoms with van der Waals surface area (Å²) >= 11 is 0. The molecule has 6 heteroatoms. The normalized spacial score (nSPS) is 10.6. The third kappa shape index (κ3) is 57.4. The predicted molar refractivity (Wildman–Crippen MR) is 58.5 cm³/mol. The first-order valence-electron chi connectivity index (χ1n) is 4.78. The summed E-state index contributed by atoms with van der Waals surface area (Å²) in [5, 5.41) is 31.8. The smallest absolute Gasteiger partial charge is 0.0693 e. The van der Waals surface area contributed by atoms with E-state index in [1.807, 2.05) is 0 Å². The molecule has 15 heavy (non-hydrogen) atoms. The van der Waals surface area contributed by atoms with Crippen molar-refractivity contribution in [1.29, 1.82) is 0 Å². The molecule has 0 aliphatic heterocycles. The summed E-state index contributed by atoms with van der Waals surface area (Å²) in [7, 11) is 1.55. The molecule has 0 radical (unpaired) electrons. The lowest BCUT2D eigenvalue weighted by atomic mass is 10.4. The van der Waals surface area contributed by atoms with Crippen LogP contribution >= 0.6 is 0 Å². The molecular weight excluding hydrogens is 202 g/mol. The van der Waals surface area contributed by atoms with Crippen LogP contribution < -0.4 is 5.73 Å². The topological polar surface area (TPSA) is 116 Å². The first-order valence-corrected chi connectivity index (χ1v) is 4.78. The lowest BCUT2D eigenvalue weighted by Crippen LogP contribution is -2.18. The molecular formula is C9H25NO5. The molecule has 0 aromatic heterocycles. The van der Waals surface area contributed by atoms with E-state index in [4.69, 9.17) is 26.2 Å². The van der Waals surface area contributed by atoms with Gasteiger partial charge in [-0.3, -0.25) is 0 Å². The maximum absolute atomic E-state index is 8.02. The summed E-state index contributed by atoms with van der Waals surface area (Å²) in [6.07, 6.45) is 0.500. The second kappa shape index (κ2) is 23.5. The fourth-order valence-electron chi connectivity index (χ4n) is 0.162. The van der Waals surface area contributed by atoms with E-state index >= 15 is 0 Å². The van der Waals surface area contributed by atoms with Crippen molar-refractivity contribution in [2.24, 2.45) is 5.73 Å². The molecule has 0 saturated carbocycles.